The number of nitrogens with zero attached hydrogens (tertiary/aromatic N) is 3. The molecule has 0 aliphatic carbocycles. The van der Waals surface area contributed by atoms with Gasteiger partial charge in [-0.05, 0) is 49.5 Å². The fourth-order valence-corrected chi connectivity index (χ4v) is 4.03. The van der Waals surface area contributed by atoms with Gasteiger partial charge in [0.25, 0.3) is 0 Å². The molecular formula is C19H20N4O. The summed E-state index contributed by atoms with van der Waals surface area (Å²) in [7, 11) is 0. The summed E-state index contributed by atoms with van der Waals surface area (Å²) >= 11 is 0. The number of piperidine rings is 3. The zero-order valence-corrected chi connectivity index (χ0v) is 13.5. The molecule has 1 atom stereocenters. The minimum atomic E-state index is 0.242. The highest BCUT2D eigenvalue weighted by Crippen LogP contribution is 2.31. The Labute approximate surface area is 140 Å². The third-order valence-corrected chi connectivity index (χ3v) is 5.39. The molecule has 3 fully saturated rings. The van der Waals surface area contributed by atoms with E-state index in [0.717, 1.165) is 23.2 Å². The predicted octanol–water partition coefficient (Wildman–Crippen LogP) is 3.10. The average Bonchev–Trinajstić information content (AvgIpc) is 3.12. The van der Waals surface area contributed by atoms with Gasteiger partial charge in [-0.3, -0.25) is 4.90 Å². The van der Waals surface area contributed by atoms with E-state index in [2.05, 4.69) is 38.1 Å². The summed E-state index contributed by atoms with van der Waals surface area (Å²) in [5.41, 5.74) is 3.28. The molecule has 5 heteroatoms. The van der Waals surface area contributed by atoms with Crippen molar-refractivity contribution >= 4 is 10.9 Å². The first-order valence-electron chi connectivity index (χ1n) is 8.64. The van der Waals surface area contributed by atoms with Crippen molar-refractivity contribution in [3.63, 3.8) is 0 Å². The highest BCUT2D eigenvalue weighted by Gasteiger charge is 2.35. The maximum absolute atomic E-state index is 6.08. The lowest BCUT2D eigenvalue weighted by Crippen LogP contribution is -2.52. The molecule has 2 aromatic heterocycles. The normalized spacial score (nSPS) is 25.9. The zero-order valence-electron chi connectivity index (χ0n) is 13.5. The summed E-state index contributed by atoms with van der Waals surface area (Å²) < 4.78 is 6.08. The van der Waals surface area contributed by atoms with E-state index in [4.69, 9.17) is 4.74 Å². The third-order valence-electron chi connectivity index (χ3n) is 5.39. The second-order valence-electron chi connectivity index (χ2n) is 6.79. The highest BCUT2D eigenvalue weighted by atomic mass is 16.5. The molecule has 0 spiro atoms. The Morgan fingerprint density at radius 2 is 1.92 bits per heavy atom. The van der Waals surface area contributed by atoms with Crippen LogP contribution in [-0.2, 0) is 0 Å². The van der Waals surface area contributed by atoms with Gasteiger partial charge in [-0.2, -0.15) is 0 Å². The number of benzene rings is 1. The summed E-state index contributed by atoms with van der Waals surface area (Å²) in [6, 6.07) is 8.81. The van der Waals surface area contributed by atoms with E-state index in [1.165, 1.54) is 31.3 Å². The minimum absolute atomic E-state index is 0.242. The van der Waals surface area contributed by atoms with Gasteiger partial charge in [-0.15, -0.1) is 0 Å². The van der Waals surface area contributed by atoms with Gasteiger partial charge in [-0.25, -0.2) is 9.97 Å². The van der Waals surface area contributed by atoms with Crippen LogP contribution >= 0.6 is 0 Å². The molecule has 0 saturated carbocycles. The Morgan fingerprint density at radius 3 is 2.67 bits per heavy atom. The first kappa shape index (κ1) is 14.0. The van der Waals surface area contributed by atoms with Gasteiger partial charge < -0.3 is 9.72 Å². The molecule has 3 aliphatic heterocycles. The van der Waals surface area contributed by atoms with Crippen molar-refractivity contribution in [2.24, 2.45) is 5.92 Å². The van der Waals surface area contributed by atoms with Gasteiger partial charge in [0.05, 0.1) is 0 Å². The molecule has 1 unspecified atom stereocenters. The summed E-state index contributed by atoms with van der Waals surface area (Å²) in [6.07, 6.45) is 8.40. The lowest BCUT2D eigenvalue weighted by Gasteiger charge is -2.43. The van der Waals surface area contributed by atoms with Gasteiger partial charge in [0.2, 0.25) is 0 Å². The van der Waals surface area contributed by atoms with Gasteiger partial charge in [-0.1, -0.05) is 12.1 Å². The average molecular weight is 320 g/mol. The van der Waals surface area contributed by atoms with Crippen molar-refractivity contribution in [2.45, 2.75) is 18.9 Å². The summed E-state index contributed by atoms with van der Waals surface area (Å²) in [6.45, 7) is 3.44. The number of ether oxygens (including phenoxy) is 1. The van der Waals surface area contributed by atoms with Gasteiger partial charge >= 0.3 is 6.01 Å². The molecule has 5 heterocycles. The van der Waals surface area contributed by atoms with Crippen LogP contribution in [0.15, 0.2) is 42.9 Å². The van der Waals surface area contributed by atoms with Crippen molar-refractivity contribution in [1.29, 1.82) is 0 Å². The largest absolute Gasteiger partial charge is 0.458 e. The maximum Gasteiger partial charge on any atom is 0.316 e. The van der Waals surface area contributed by atoms with Crippen LogP contribution in [0.5, 0.6) is 6.01 Å². The summed E-state index contributed by atoms with van der Waals surface area (Å²) in [5, 5.41) is 1.19. The quantitative estimate of drug-likeness (QED) is 0.806. The molecule has 0 amide bonds. The number of fused-ring (bicyclic) bond motifs is 4. The molecule has 3 saturated heterocycles. The molecule has 1 N–H and O–H groups in total. The van der Waals surface area contributed by atoms with Crippen molar-refractivity contribution in [1.82, 2.24) is 19.9 Å². The van der Waals surface area contributed by atoms with E-state index in [9.17, 15) is 0 Å². The monoisotopic (exact) mass is 320 g/mol. The fraction of sp³-hybridized carbons (Fsp3) is 0.368. The summed E-state index contributed by atoms with van der Waals surface area (Å²) in [4.78, 5) is 14.6. The zero-order chi connectivity index (χ0) is 15.9. The van der Waals surface area contributed by atoms with Crippen LogP contribution in [0.2, 0.25) is 0 Å². The topological polar surface area (TPSA) is 54.0 Å². The molecule has 3 aromatic rings. The second-order valence-corrected chi connectivity index (χ2v) is 6.79. The molecule has 6 rings (SSSR count). The Balaban J connectivity index is 1.38. The smallest absolute Gasteiger partial charge is 0.316 e. The van der Waals surface area contributed by atoms with Crippen LogP contribution in [0.1, 0.15) is 12.8 Å². The number of aromatic nitrogens is 3. The Kier molecular flexibility index (Phi) is 3.26. The first-order chi connectivity index (χ1) is 11.9. The number of aromatic amines is 1. The number of H-pyrrole nitrogens is 1. The first-order valence-corrected chi connectivity index (χ1v) is 8.64. The predicted molar refractivity (Wildman–Crippen MR) is 92.9 cm³/mol. The molecule has 122 valence electrons. The molecule has 5 nitrogen and oxygen atoms in total. The van der Waals surface area contributed by atoms with Crippen LogP contribution in [0.4, 0.5) is 0 Å². The SMILES string of the molecule is c1cc(-c2cnc(OC3CN4CCC3CC4)nc2)c2cc[nH]c2c1. The van der Waals surface area contributed by atoms with Crippen molar-refractivity contribution < 1.29 is 4.74 Å². The van der Waals surface area contributed by atoms with Crippen LogP contribution in [0.3, 0.4) is 0 Å². The molecular weight excluding hydrogens is 300 g/mol. The van der Waals surface area contributed by atoms with Gasteiger partial charge in [0, 0.05) is 41.6 Å². The number of rotatable bonds is 3. The van der Waals surface area contributed by atoms with Gasteiger partial charge in [0.1, 0.15) is 6.10 Å². The minimum Gasteiger partial charge on any atom is -0.458 e. The van der Waals surface area contributed by atoms with Crippen LogP contribution < -0.4 is 4.74 Å². The lowest BCUT2D eigenvalue weighted by molar-refractivity contribution is -0.0123. The Bertz CT molecular complexity index is 849. The molecule has 0 radical (unpaired) electrons. The van der Waals surface area contributed by atoms with Crippen molar-refractivity contribution in [3.05, 3.63) is 42.9 Å². The van der Waals surface area contributed by atoms with E-state index in [1.54, 1.807) is 0 Å². The number of nitrogens with one attached hydrogen (secondary N) is 1. The van der Waals surface area contributed by atoms with Gasteiger partial charge in [0.15, 0.2) is 0 Å². The summed E-state index contributed by atoms with van der Waals surface area (Å²) in [5.74, 6) is 0.659. The molecule has 24 heavy (non-hydrogen) atoms. The van der Waals surface area contributed by atoms with E-state index >= 15 is 0 Å². The van der Waals surface area contributed by atoms with Crippen LogP contribution in [0.25, 0.3) is 22.0 Å². The highest BCUT2D eigenvalue weighted by molar-refractivity contribution is 5.94. The molecule has 3 aliphatic rings. The van der Waals surface area contributed by atoms with Crippen LogP contribution in [0, 0.1) is 5.92 Å². The Morgan fingerprint density at radius 1 is 1.08 bits per heavy atom. The van der Waals surface area contributed by atoms with E-state index in [1.807, 2.05) is 24.7 Å². The van der Waals surface area contributed by atoms with E-state index < -0.39 is 0 Å². The van der Waals surface area contributed by atoms with E-state index in [0.29, 0.717) is 11.9 Å². The Hall–Kier alpha value is -2.40. The maximum atomic E-state index is 6.08. The number of hydrogen-bond acceptors (Lipinski definition) is 4. The van der Waals surface area contributed by atoms with E-state index in [-0.39, 0.29) is 6.10 Å². The number of hydrogen-bond donors (Lipinski definition) is 1. The van der Waals surface area contributed by atoms with Crippen molar-refractivity contribution in [2.75, 3.05) is 19.6 Å². The van der Waals surface area contributed by atoms with Crippen LogP contribution in [-0.4, -0.2) is 45.6 Å². The fourth-order valence-electron chi connectivity index (χ4n) is 4.03. The molecule has 2 bridgehead atoms. The second kappa shape index (κ2) is 5.60. The lowest BCUT2D eigenvalue weighted by atomic mass is 9.86. The third kappa shape index (κ3) is 2.36. The molecule has 1 aromatic carbocycles. The standard InChI is InChI=1S/C19H20N4O/c1-2-15(16-4-7-20-17(16)3-1)14-10-21-19(22-11-14)24-18-12-23-8-5-13(18)6-9-23/h1-4,7,10-11,13,18,20H,5-6,8-9,12H2. The van der Waals surface area contributed by atoms with Crippen molar-refractivity contribution in [3.8, 4) is 17.1 Å².